The van der Waals surface area contributed by atoms with Gasteiger partial charge in [0.05, 0.1) is 22.9 Å². The Bertz CT molecular complexity index is 963. The van der Waals surface area contributed by atoms with Crippen LogP contribution < -0.4 is 10.6 Å². The van der Waals surface area contributed by atoms with Crippen molar-refractivity contribution in [2.75, 3.05) is 11.4 Å². The summed E-state index contributed by atoms with van der Waals surface area (Å²) in [5.41, 5.74) is 0.683. The number of halogens is 1. The number of para-hydroxylation sites is 1. The largest absolute Gasteiger partial charge is 0.368 e. The lowest BCUT2D eigenvalue weighted by atomic mass is 10.3. The predicted octanol–water partition coefficient (Wildman–Crippen LogP) is 1.96. The van der Waals surface area contributed by atoms with E-state index in [2.05, 4.69) is 15.4 Å². The van der Waals surface area contributed by atoms with Crippen molar-refractivity contribution in [1.29, 1.82) is 0 Å². The van der Waals surface area contributed by atoms with E-state index in [-0.39, 0.29) is 12.5 Å². The number of amides is 1. The summed E-state index contributed by atoms with van der Waals surface area (Å²) in [6.07, 6.45) is 0. The normalized spacial score (nSPS) is 10.8. The molecule has 25 heavy (non-hydrogen) atoms. The van der Waals surface area contributed by atoms with Gasteiger partial charge >= 0.3 is 5.69 Å². The maximum Gasteiger partial charge on any atom is 0.368 e. The Morgan fingerprint density at radius 2 is 2.08 bits per heavy atom. The van der Waals surface area contributed by atoms with Gasteiger partial charge in [0.1, 0.15) is 0 Å². The number of aromatic nitrogens is 5. The van der Waals surface area contributed by atoms with Gasteiger partial charge in [0.25, 0.3) is 0 Å². The molecule has 1 amide bonds. The number of anilines is 1. The SMILES string of the molecule is CCN(C(C)=O)c1nc(Cn2nnn(-c3ccccc3Cl)c2=O)cs1. The standard InChI is InChI=1S/C15H15ClN6O2S/c1-3-20(10(2)23)14-17-11(9-25-14)8-21-15(24)22(19-18-21)13-7-5-4-6-12(13)16/h4-7,9H,3,8H2,1-2H3. The molecule has 3 aromatic rings. The van der Waals surface area contributed by atoms with E-state index in [1.54, 1.807) is 34.5 Å². The molecule has 10 heteroatoms. The minimum atomic E-state index is -0.415. The number of tetrazole rings is 1. The molecule has 0 aliphatic carbocycles. The van der Waals surface area contributed by atoms with Gasteiger partial charge in [0.2, 0.25) is 5.91 Å². The van der Waals surface area contributed by atoms with Gasteiger partial charge in [-0.3, -0.25) is 9.69 Å². The Hall–Kier alpha value is -2.52. The van der Waals surface area contributed by atoms with Crippen LogP contribution in [0, 0.1) is 0 Å². The lowest BCUT2D eigenvalue weighted by Crippen LogP contribution is -2.28. The summed E-state index contributed by atoms with van der Waals surface area (Å²) in [7, 11) is 0. The van der Waals surface area contributed by atoms with Gasteiger partial charge in [-0.2, -0.15) is 9.36 Å². The van der Waals surface area contributed by atoms with Crippen LogP contribution in [-0.4, -0.2) is 37.2 Å². The molecule has 130 valence electrons. The molecule has 0 fully saturated rings. The number of benzene rings is 1. The Labute approximate surface area is 152 Å². The lowest BCUT2D eigenvalue weighted by molar-refractivity contribution is -0.116. The smallest absolute Gasteiger partial charge is 0.289 e. The number of carbonyl (C=O) groups excluding carboxylic acids is 1. The zero-order chi connectivity index (χ0) is 18.0. The first-order valence-corrected chi connectivity index (χ1v) is 8.77. The molecule has 2 heterocycles. The van der Waals surface area contributed by atoms with Crippen molar-refractivity contribution in [2.45, 2.75) is 20.4 Å². The molecule has 0 aliphatic heterocycles. The summed E-state index contributed by atoms with van der Waals surface area (Å²) < 4.78 is 2.34. The third-order valence-electron chi connectivity index (χ3n) is 3.50. The zero-order valence-electron chi connectivity index (χ0n) is 13.6. The highest BCUT2D eigenvalue weighted by Crippen LogP contribution is 2.21. The Kier molecular flexibility index (Phi) is 4.95. The molecule has 0 N–H and O–H groups in total. The minimum Gasteiger partial charge on any atom is -0.289 e. The van der Waals surface area contributed by atoms with Gasteiger partial charge in [-0.1, -0.05) is 23.7 Å². The number of hydrogen-bond acceptors (Lipinski definition) is 6. The fourth-order valence-corrected chi connectivity index (χ4v) is 3.43. The van der Waals surface area contributed by atoms with E-state index >= 15 is 0 Å². The zero-order valence-corrected chi connectivity index (χ0v) is 15.2. The second kappa shape index (κ2) is 7.16. The summed E-state index contributed by atoms with van der Waals surface area (Å²) in [5, 5.41) is 10.6. The van der Waals surface area contributed by atoms with Crippen molar-refractivity contribution in [3.8, 4) is 5.69 Å². The topological polar surface area (TPSA) is 85.9 Å². The first-order valence-electron chi connectivity index (χ1n) is 7.51. The van der Waals surface area contributed by atoms with Crippen molar-refractivity contribution in [1.82, 2.24) is 24.8 Å². The van der Waals surface area contributed by atoms with Gasteiger partial charge < -0.3 is 0 Å². The highest BCUT2D eigenvalue weighted by atomic mass is 35.5. The average Bonchev–Trinajstić information content (AvgIpc) is 3.17. The van der Waals surface area contributed by atoms with Crippen molar-refractivity contribution in [3.63, 3.8) is 0 Å². The van der Waals surface area contributed by atoms with Crippen LogP contribution in [-0.2, 0) is 11.3 Å². The first kappa shape index (κ1) is 17.3. The molecule has 0 saturated carbocycles. The van der Waals surface area contributed by atoms with E-state index < -0.39 is 5.69 Å². The Morgan fingerprint density at radius 3 is 2.76 bits per heavy atom. The van der Waals surface area contributed by atoms with Gasteiger partial charge in [-0.25, -0.2) is 9.78 Å². The number of rotatable bonds is 5. The van der Waals surface area contributed by atoms with Crippen LogP contribution in [0.2, 0.25) is 5.02 Å². The number of hydrogen-bond donors (Lipinski definition) is 0. The summed E-state index contributed by atoms with van der Waals surface area (Å²) >= 11 is 7.44. The number of carbonyl (C=O) groups is 1. The molecule has 0 aliphatic rings. The molecule has 0 bridgehead atoms. The van der Waals surface area contributed by atoms with E-state index in [0.29, 0.717) is 28.1 Å². The third kappa shape index (κ3) is 3.47. The van der Waals surface area contributed by atoms with E-state index in [9.17, 15) is 9.59 Å². The second-order valence-corrected chi connectivity index (χ2v) is 6.41. The van der Waals surface area contributed by atoms with Gasteiger partial charge in [0.15, 0.2) is 5.13 Å². The van der Waals surface area contributed by atoms with Gasteiger partial charge in [-0.05, 0) is 29.5 Å². The summed E-state index contributed by atoms with van der Waals surface area (Å²) in [6, 6.07) is 6.90. The molecule has 0 atom stereocenters. The second-order valence-electron chi connectivity index (χ2n) is 5.17. The first-order chi connectivity index (χ1) is 12.0. The van der Waals surface area contributed by atoms with Crippen LogP contribution in [0.1, 0.15) is 19.5 Å². The summed E-state index contributed by atoms with van der Waals surface area (Å²) in [4.78, 5) is 30.0. The van der Waals surface area contributed by atoms with Crippen LogP contribution in [0.15, 0.2) is 34.4 Å². The maximum atomic E-state index is 12.5. The summed E-state index contributed by atoms with van der Waals surface area (Å²) in [5.74, 6) is -0.0785. The van der Waals surface area contributed by atoms with E-state index in [0.717, 1.165) is 4.68 Å². The van der Waals surface area contributed by atoms with Crippen molar-refractivity contribution < 1.29 is 4.79 Å². The van der Waals surface area contributed by atoms with Gasteiger partial charge in [-0.15, -0.1) is 11.3 Å². The number of thiazole rings is 1. The Balaban J connectivity index is 1.86. The van der Waals surface area contributed by atoms with Crippen LogP contribution in [0.5, 0.6) is 0 Å². The average molecular weight is 379 g/mol. The molecular weight excluding hydrogens is 364 g/mol. The molecular formula is C15H15ClN6O2S. The molecule has 0 radical (unpaired) electrons. The highest BCUT2D eigenvalue weighted by molar-refractivity contribution is 7.14. The number of nitrogens with zero attached hydrogens (tertiary/aromatic N) is 6. The highest BCUT2D eigenvalue weighted by Gasteiger charge is 2.16. The van der Waals surface area contributed by atoms with Crippen molar-refractivity contribution in [3.05, 3.63) is 50.8 Å². The fourth-order valence-electron chi connectivity index (χ4n) is 2.29. The van der Waals surface area contributed by atoms with Crippen LogP contribution in [0.3, 0.4) is 0 Å². The maximum absolute atomic E-state index is 12.5. The quantitative estimate of drug-likeness (QED) is 0.677. The molecule has 0 spiro atoms. The molecule has 3 rings (SSSR count). The monoisotopic (exact) mass is 378 g/mol. The van der Waals surface area contributed by atoms with Crippen molar-refractivity contribution in [2.24, 2.45) is 0 Å². The van der Waals surface area contributed by atoms with Gasteiger partial charge in [0, 0.05) is 18.8 Å². The van der Waals surface area contributed by atoms with Crippen LogP contribution in [0.25, 0.3) is 5.69 Å². The molecule has 0 unspecified atom stereocenters. The fraction of sp³-hybridized carbons (Fsp3) is 0.267. The minimum absolute atomic E-state index is 0.0785. The molecule has 8 nitrogen and oxygen atoms in total. The van der Waals surface area contributed by atoms with E-state index in [4.69, 9.17) is 11.6 Å². The summed E-state index contributed by atoms with van der Waals surface area (Å²) in [6.45, 7) is 4.06. The lowest BCUT2D eigenvalue weighted by Gasteiger charge is -2.14. The molecule has 1 aromatic carbocycles. The third-order valence-corrected chi connectivity index (χ3v) is 4.73. The van der Waals surface area contributed by atoms with E-state index in [1.807, 2.05) is 6.92 Å². The van der Waals surface area contributed by atoms with Crippen LogP contribution >= 0.6 is 22.9 Å². The molecule has 0 saturated heterocycles. The van der Waals surface area contributed by atoms with E-state index in [1.165, 1.54) is 22.9 Å². The molecule has 2 aromatic heterocycles. The van der Waals surface area contributed by atoms with Crippen molar-refractivity contribution >= 4 is 34.0 Å². The predicted molar refractivity (Wildman–Crippen MR) is 95.5 cm³/mol. The van der Waals surface area contributed by atoms with Crippen LogP contribution in [0.4, 0.5) is 5.13 Å². The Morgan fingerprint density at radius 1 is 1.32 bits per heavy atom.